The van der Waals surface area contributed by atoms with E-state index in [0.29, 0.717) is 49.7 Å². The number of carbonyl (C=O) groups is 2. The van der Waals surface area contributed by atoms with E-state index in [0.717, 1.165) is 54.4 Å². The van der Waals surface area contributed by atoms with Crippen LogP contribution in [0, 0.1) is 0 Å². The van der Waals surface area contributed by atoms with Gasteiger partial charge in [-0.2, -0.15) is 4.31 Å². The van der Waals surface area contributed by atoms with Crippen LogP contribution in [0.5, 0.6) is 0 Å². The molecule has 3 aliphatic rings. The van der Waals surface area contributed by atoms with E-state index in [-0.39, 0.29) is 23.3 Å². The third-order valence-corrected chi connectivity index (χ3v) is 10.3. The highest BCUT2D eigenvalue weighted by atomic mass is 32.2. The molecule has 1 aromatic heterocycles. The van der Waals surface area contributed by atoms with Crippen LogP contribution in [0.15, 0.2) is 47.5 Å². The number of anilines is 1. The Morgan fingerprint density at radius 3 is 2.49 bits per heavy atom. The largest absolute Gasteiger partial charge is 0.379 e. The first kappa shape index (κ1) is 27.7. The highest BCUT2D eigenvalue weighted by Crippen LogP contribution is 2.40. The summed E-state index contributed by atoms with van der Waals surface area (Å²) in [5.41, 5.74) is 4.72. The number of benzene rings is 2. The number of carbonyl (C=O) groups excluding carboxylic acids is 2. The molecule has 4 heterocycles. The number of rotatable bonds is 7. The van der Waals surface area contributed by atoms with Crippen LogP contribution in [-0.2, 0) is 37.3 Å². The molecule has 2 aromatic carbocycles. The molecule has 0 atom stereocenters. The second kappa shape index (κ2) is 11.1. The SMILES string of the molecule is CCc1cccc2c(/C=C3\C(=O)N(CC)c4ccc(S(=O)(=O)N5CCOCC5)cc43)cn(CC(=O)N3CCCC3)c12. The number of amides is 2. The number of sulfonamides is 1. The fourth-order valence-corrected chi connectivity index (χ4v) is 7.68. The van der Waals surface area contributed by atoms with Crippen molar-refractivity contribution in [3.8, 4) is 0 Å². The number of ether oxygens (including phenoxy) is 1. The van der Waals surface area contributed by atoms with Crippen LogP contribution in [-0.4, -0.2) is 79.9 Å². The molecule has 216 valence electrons. The topological polar surface area (TPSA) is 92.2 Å². The summed E-state index contributed by atoms with van der Waals surface area (Å²) in [6, 6.07) is 11.1. The van der Waals surface area contributed by atoms with Gasteiger partial charge in [-0.25, -0.2) is 8.42 Å². The number of aromatic nitrogens is 1. The first-order valence-corrected chi connectivity index (χ1v) is 15.9. The molecule has 0 unspecified atom stereocenters. The van der Waals surface area contributed by atoms with Crippen LogP contribution < -0.4 is 4.90 Å². The first-order chi connectivity index (χ1) is 19.8. The van der Waals surface area contributed by atoms with Crippen molar-refractivity contribution in [2.75, 3.05) is 50.8 Å². The van der Waals surface area contributed by atoms with Gasteiger partial charge in [0.2, 0.25) is 15.9 Å². The van der Waals surface area contributed by atoms with Gasteiger partial charge in [-0.3, -0.25) is 9.59 Å². The number of para-hydroxylation sites is 1. The highest BCUT2D eigenvalue weighted by Gasteiger charge is 2.34. The molecule has 0 bridgehead atoms. The van der Waals surface area contributed by atoms with E-state index < -0.39 is 10.0 Å². The molecule has 0 radical (unpaired) electrons. The Morgan fingerprint density at radius 2 is 1.78 bits per heavy atom. The van der Waals surface area contributed by atoms with Gasteiger partial charge in [0.05, 0.1) is 29.3 Å². The first-order valence-electron chi connectivity index (χ1n) is 14.5. The monoisotopic (exact) mass is 576 g/mol. The second-order valence-electron chi connectivity index (χ2n) is 10.8. The van der Waals surface area contributed by atoms with Crippen molar-refractivity contribution < 1.29 is 22.7 Å². The van der Waals surface area contributed by atoms with E-state index in [2.05, 4.69) is 13.0 Å². The minimum Gasteiger partial charge on any atom is -0.379 e. The number of morpholine rings is 1. The maximum Gasteiger partial charge on any atom is 0.258 e. The van der Waals surface area contributed by atoms with Crippen molar-refractivity contribution >= 4 is 50.1 Å². The van der Waals surface area contributed by atoms with E-state index in [4.69, 9.17) is 4.74 Å². The van der Waals surface area contributed by atoms with Crippen LogP contribution in [0.1, 0.15) is 43.4 Å². The molecule has 0 N–H and O–H groups in total. The molecule has 9 nitrogen and oxygen atoms in total. The van der Waals surface area contributed by atoms with Gasteiger partial charge in [0.25, 0.3) is 5.91 Å². The van der Waals surface area contributed by atoms with E-state index in [1.165, 1.54) is 4.31 Å². The molecule has 0 aliphatic carbocycles. The van der Waals surface area contributed by atoms with Crippen molar-refractivity contribution in [3.63, 3.8) is 0 Å². The number of aryl methyl sites for hydroxylation is 1. The van der Waals surface area contributed by atoms with Gasteiger partial charge in [0.15, 0.2) is 0 Å². The zero-order valence-corrected chi connectivity index (χ0v) is 24.5. The molecule has 6 rings (SSSR count). The van der Waals surface area contributed by atoms with E-state index >= 15 is 0 Å². The molecule has 2 amide bonds. The quantitative estimate of drug-likeness (QED) is 0.400. The average Bonchev–Trinajstić information content (AvgIpc) is 3.71. The smallest absolute Gasteiger partial charge is 0.258 e. The number of nitrogens with zero attached hydrogens (tertiary/aromatic N) is 4. The van der Waals surface area contributed by atoms with Crippen LogP contribution in [0.4, 0.5) is 5.69 Å². The highest BCUT2D eigenvalue weighted by molar-refractivity contribution is 7.89. The lowest BCUT2D eigenvalue weighted by molar-refractivity contribution is -0.130. The van der Waals surface area contributed by atoms with E-state index in [9.17, 15) is 18.0 Å². The number of likely N-dealkylation sites (N-methyl/N-ethyl adjacent to an activating group) is 1. The van der Waals surface area contributed by atoms with Crippen molar-refractivity contribution in [1.29, 1.82) is 0 Å². The Labute approximate surface area is 241 Å². The van der Waals surface area contributed by atoms with Crippen LogP contribution >= 0.6 is 0 Å². The lowest BCUT2D eigenvalue weighted by Crippen LogP contribution is -2.40. The number of hydrogen-bond donors (Lipinski definition) is 0. The molecule has 2 fully saturated rings. The summed E-state index contributed by atoms with van der Waals surface area (Å²) < 4.78 is 35.7. The van der Waals surface area contributed by atoms with Crippen LogP contribution in [0.25, 0.3) is 22.6 Å². The fraction of sp³-hybridized carbons (Fsp3) is 0.419. The molecule has 41 heavy (non-hydrogen) atoms. The summed E-state index contributed by atoms with van der Waals surface area (Å²) in [7, 11) is -3.73. The van der Waals surface area contributed by atoms with Crippen molar-refractivity contribution in [1.82, 2.24) is 13.8 Å². The predicted octanol–water partition coefficient (Wildman–Crippen LogP) is 3.75. The molecule has 0 saturated carbocycles. The maximum atomic E-state index is 13.7. The Morgan fingerprint density at radius 1 is 1.02 bits per heavy atom. The summed E-state index contributed by atoms with van der Waals surface area (Å²) in [6.07, 6.45) is 6.70. The van der Waals surface area contributed by atoms with Gasteiger partial charge in [0, 0.05) is 61.0 Å². The zero-order valence-electron chi connectivity index (χ0n) is 23.6. The normalized spacial score (nSPS) is 19.1. The van der Waals surface area contributed by atoms with Gasteiger partial charge in [-0.15, -0.1) is 0 Å². The Balaban J connectivity index is 1.45. The third kappa shape index (κ3) is 4.87. The molecular formula is C31H36N4O5S. The molecular weight excluding hydrogens is 540 g/mol. The molecule has 2 saturated heterocycles. The lowest BCUT2D eigenvalue weighted by Gasteiger charge is -2.26. The Kier molecular flexibility index (Phi) is 7.48. The van der Waals surface area contributed by atoms with Crippen LogP contribution in [0.3, 0.4) is 0 Å². The summed E-state index contributed by atoms with van der Waals surface area (Å²) in [6.45, 7) is 7.63. The van der Waals surface area contributed by atoms with Gasteiger partial charge in [0.1, 0.15) is 6.54 Å². The standard InChI is InChI=1S/C31H36N4O5S/c1-3-22-8-7-9-25-23(20-33(30(22)25)21-29(36)32-12-5-6-13-32)18-27-26-19-24(10-11-28(26)35(4-2)31(27)37)41(38,39)34-14-16-40-17-15-34/h7-11,18-20H,3-6,12-17,21H2,1-2H3/b27-18-. The molecule has 10 heteroatoms. The predicted molar refractivity (Wildman–Crippen MR) is 159 cm³/mol. The Bertz CT molecular complexity index is 1650. The van der Waals surface area contributed by atoms with Crippen molar-refractivity contribution in [3.05, 3.63) is 59.3 Å². The van der Waals surface area contributed by atoms with Crippen LogP contribution in [0.2, 0.25) is 0 Å². The number of likely N-dealkylation sites (tertiary alicyclic amines) is 1. The third-order valence-electron chi connectivity index (χ3n) is 8.41. The minimum atomic E-state index is -3.73. The minimum absolute atomic E-state index is 0.0990. The van der Waals surface area contributed by atoms with Gasteiger partial charge >= 0.3 is 0 Å². The summed E-state index contributed by atoms with van der Waals surface area (Å²) >= 11 is 0. The summed E-state index contributed by atoms with van der Waals surface area (Å²) in [5, 5.41) is 0.965. The van der Waals surface area contributed by atoms with Gasteiger partial charge in [-0.1, -0.05) is 25.1 Å². The summed E-state index contributed by atoms with van der Waals surface area (Å²) in [4.78, 5) is 30.6. The number of hydrogen-bond acceptors (Lipinski definition) is 5. The summed E-state index contributed by atoms with van der Waals surface area (Å²) in [5.74, 6) is -0.0639. The average molecular weight is 577 g/mol. The second-order valence-corrected chi connectivity index (χ2v) is 12.7. The Hall–Kier alpha value is -3.47. The molecule has 0 spiro atoms. The zero-order chi connectivity index (χ0) is 28.7. The van der Waals surface area contributed by atoms with Gasteiger partial charge < -0.3 is 19.1 Å². The maximum absolute atomic E-state index is 13.7. The molecule has 3 aromatic rings. The van der Waals surface area contributed by atoms with Crippen molar-refractivity contribution in [2.24, 2.45) is 0 Å². The molecule has 3 aliphatic heterocycles. The van der Waals surface area contributed by atoms with Gasteiger partial charge in [-0.05, 0) is 56.0 Å². The lowest BCUT2D eigenvalue weighted by atomic mass is 10.0. The fourth-order valence-electron chi connectivity index (χ4n) is 6.24. The van der Waals surface area contributed by atoms with E-state index in [1.807, 2.05) is 40.8 Å². The number of fused-ring (bicyclic) bond motifs is 2. The van der Waals surface area contributed by atoms with E-state index in [1.54, 1.807) is 23.1 Å². The van der Waals surface area contributed by atoms with Crippen molar-refractivity contribution in [2.45, 2.75) is 44.6 Å².